The van der Waals surface area contributed by atoms with Crippen molar-refractivity contribution in [3.63, 3.8) is 0 Å². The first kappa shape index (κ1) is 13.5. The molecule has 1 amide bonds. The van der Waals surface area contributed by atoms with Crippen LogP contribution in [0.15, 0.2) is 29.0 Å². The minimum atomic E-state index is -0.142. The maximum absolute atomic E-state index is 11.9. The quantitative estimate of drug-likeness (QED) is 0.826. The minimum Gasteiger partial charge on any atom is -0.398 e. The molecule has 0 aliphatic heterocycles. The number of aromatic nitrogens is 3. The van der Waals surface area contributed by atoms with E-state index in [4.69, 9.17) is 5.73 Å². The summed E-state index contributed by atoms with van der Waals surface area (Å²) in [4.78, 5) is 16.0. The van der Waals surface area contributed by atoms with Crippen LogP contribution in [0.2, 0.25) is 0 Å². The third-order valence-corrected chi connectivity index (χ3v) is 3.23. The molecule has 6 nitrogen and oxygen atoms in total. The van der Waals surface area contributed by atoms with Crippen LogP contribution in [-0.4, -0.2) is 27.2 Å². The highest BCUT2D eigenvalue weighted by atomic mass is 79.9. The number of hydrogen-bond donors (Lipinski definition) is 2. The van der Waals surface area contributed by atoms with Gasteiger partial charge in [0.2, 0.25) is 0 Å². The molecule has 19 heavy (non-hydrogen) atoms. The van der Waals surface area contributed by atoms with Gasteiger partial charge in [-0.05, 0) is 34.1 Å². The van der Waals surface area contributed by atoms with Gasteiger partial charge in [-0.3, -0.25) is 9.48 Å². The summed E-state index contributed by atoms with van der Waals surface area (Å²) in [5, 5.41) is 6.95. The van der Waals surface area contributed by atoms with Crippen LogP contribution in [-0.2, 0) is 13.5 Å². The number of amides is 1. The van der Waals surface area contributed by atoms with Crippen molar-refractivity contribution in [1.29, 1.82) is 0 Å². The lowest BCUT2D eigenvalue weighted by atomic mass is 10.2. The molecule has 0 bridgehead atoms. The van der Waals surface area contributed by atoms with E-state index in [1.165, 1.54) is 0 Å². The van der Waals surface area contributed by atoms with E-state index >= 15 is 0 Å². The first-order chi connectivity index (χ1) is 9.06. The number of nitrogen functional groups attached to an aromatic ring is 1. The summed E-state index contributed by atoms with van der Waals surface area (Å²) < 4.78 is 2.35. The van der Waals surface area contributed by atoms with Crippen molar-refractivity contribution in [2.24, 2.45) is 7.05 Å². The van der Waals surface area contributed by atoms with Gasteiger partial charge in [-0.15, -0.1) is 0 Å². The summed E-state index contributed by atoms with van der Waals surface area (Å²) in [5.74, 6) is 0.568. The molecule has 0 aliphatic rings. The number of nitrogens with two attached hydrogens (primary N) is 1. The molecule has 0 aliphatic carbocycles. The first-order valence-corrected chi connectivity index (χ1v) is 6.53. The third-order valence-electron chi connectivity index (χ3n) is 2.54. The van der Waals surface area contributed by atoms with E-state index in [9.17, 15) is 4.79 Å². The van der Waals surface area contributed by atoms with Crippen LogP contribution in [0, 0.1) is 0 Å². The number of rotatable bonds is 4. The molecule has 100 valence electrons. The van der Waals surface area contributed by atoms with E-state index in [0.717, 1.165) is 0 Å². The topological polar surface area (TPSA) is 85.8 Å². The molecule has 2 aromatic rings. The lowest BCUT2D eigenvalue weighted by Crippen LogP contribution is -2.26. The number of benzene rings is 1. The normalized spacial score (nSPS) is 10.4. The second-order valence-electron chi connectivity index (χ2n) is 4.08. The van der Waals surface area contributed by atoms with Crippen LogP contribution in [0.1, 0.15) is 16.2 Å². The van der Waals surface area contributed by atoms with Gasteiger partial charge >= 0.3 is 0 Å². The summed E-state index contributed by atoms with van der Waals surface area (Å²) in [7, 11) is 1.81. The lowest BCUT2D eigenvalue weighted by Gasteiger charge is -2.05. The van der Waals surface area contributed by atoms with Crippen LogP contribution in [0.25, 0.3) is 0 Å². The summed E-state index contributed by atoms with van der Waals surface area (Å²) in [6, 6.07) is 5.08. The molecule has 1 aromatic heterocycles. The van der Waals surface area contributed by atoms with Crippen LogP contribution < -0.4 is 11.1 Å². The van der Waals surface area contributed by atoms with Crippen molar-refractivity contribution < 1.29 is 4.79 Å². The molecular weight excluding hydrogens is 310 g/mol. The van der Waals surface area contributed by atoms with E-state index < -0.39 is 0 Å². The zero-order valence-corrected chi connectivity index (χ0v) is 12.0. The van der Waals surface area contributed by atoms with Crippen molar-refractivity contribution in [3.05, 3.63) is 40.4 Å². The Bertz CT molecular complexity index is 596. The van der Waals surface area contributed by atoms with Crippen LogP contribution in [0.3, 0.4) is 0 Å². The van der Waals surface area contributed by atoms with Crippen molar-refractivity contribution in [3.8, 4) is 0 Å². The van der Waals surface area contributed by atoms with Gasteiger partial charge in [0.1, 0.15) is 6.33 Å². The molecule has 0 atom stereocenters. The van der Waals surface area contributed by atoms with Gasteiger partial charge in [0, 0.05) is 35.7 Å². The molecule has 0 saturated carbocycles. The second kappa shape index (κ2) is 5.83. The molecule has 1 heterocycles. The largest absolute Gasteiger partial charge is 0.398 e. The Kier molecular flexibility index (Phi) is 4.16. The number of halogens is 1. The maximum atomic E-state index is 11.9. The SMILES string of the molecule is Cn1cnc(CCNC(=O)c2ccc(N)c(Br)c2)n1. The van der Waals surface area contributed by atoms with Crippen molar-refractivity contribution in [1.82, 2.24) is 20.1 Å². The highest BCUT2D eigenvalue weighted by molar-refractivity contribution is 9.10. The Labute approximate surface area is 119 Å². The maximum Gasteiger partial charge on any atom is 0.251 e. The summed E-state index contributed by atoms with van der Waals surface area (Å²) in [6.07, 6.45) is 2.23. The van der Waals surface area contributed by atoms with Gasteiger partial charge in [0.15, 0.2) is 5.82 Å². The molecule has 2 rings (SSSR count). The number of hydrogen-bond acceptors (Lipinski definition) is 4. The zero-order valence-electron chi connectivity index (χ0n) is 10.4. The molecule has 7 heteroatoms. The average Bonchev–Trinajstić information content (AvgIpc) is 2.78. The van der Waals surface area contributed by atoms with E-state index in [1.54, 1.807) is 36.3 Å². The number of aryl methyl sites for hydroxylation is 1. The number of anilines is 1. The predicted octanol–water partition coefficient (Wildman–Crippen LogP) is 1.13. The van der Waals surface area contributed by atoms with Gasteiger partial charge in [-0.1, -0.05) is 0 Å². The fraction of sp³-hybridized carbons (Fsp3) is 0.250. The molecule has 0 fully saturated rings. The Morgan fingerprint density at radius 3 is 2.95 bits per heavy atom. The molecule has 0 spiro atoms. The predicted molar refractivity (Wildman–Crippen MR) is 75.6 cm³/mol. The van der Waals surface area contributed by atoms with Crippen molar-refractivity contribution in [2.45, 2.75) is 6.42 Å². The molecule has 1 aromatic carbocycles. The molecule has 0 saturated heterocycles. The van der Waals surface area contributed by atoms with Gasteiger partial charge in [-0.25, -0.2) is 4.98 Å². The van der Waals surface area contributed by atoms with Crippen molar-refractivity contribution in [2.75, 3.05) is 12.3 Å². The highest BCUT2D eigenvalue weighted by Crippen LogP contribution is 2.20. The summed E-state index contributed by atoms with van der Waals surface area (Å²) in [5.41, 5.74) is 6.84. The molecular formula is C12H14BrN5O. The van der Waals surface area contributed by atoms with E-state index in [0.29, 0.717) is 34.5 Å². The van der Waals surface area contributed by atoms with E-state index in [2.05, 4.69) is 31.3 Å². The standard InChI is InChI=1S/C12H14BrN5O/c1-18-7-16-11(17-18)4-5-15-12(19)8-2-3-10(14)9(13)6-8/h2-3,6-7H,4-5,14H2,1H3,(H,15,19). The van der Waals surface area contributed by atoms with Gasteiger partial charge in [0.25, 0.3) is 5.91 Å². The van der Waals surface area contributed by atoms with Crippen LogP contribution >= 0.6 is 15.9 Å². The van der Waals surface area contributed by atoms with Crippen molar-refractivity contribution >= 4 is 27.5 Å². The summed E-state index contributed by atoms with van der Waals surface area (Å²) >= 11 is 3.29. The highest BCUT2D eigenvalue weighted by Gasteiger charge is 2.07. The average molecular weight is 324 g/mol. The van der Waals surface area contributed by atoms with Crippen LogP contribution in [0.4, 0.5) is 5.69 Å². The lowest BCUT2D eigenvalue weighted by molar-refractivity contribution is 0.0954. The molecule has 0 radical (unpaired) electrons. The second-order valence-corrected chi connectivity index (χ2v) is 4.93. The number of carbonyl (C=O) groups is 1. The number of nitrogens with one attached hydrogen (secondary N) is 1. The van der Waals surface area contributed by atoms with Crippen LogP contribution in [0.5, 0.6) is 0 Å². The zero-order chi connectivity index (χ0) is 13.8. The fourth-order valence-electron chi connectivity index (χ4n) is 1.56. The van der Waals surface area contributed by atoms with E-state index in [-0.39, 0.29) is 5.91 Å². The molecule has 3 N–H and O–H groups in total. The minimum absolute atomic E-state index is 0.142. The number of nitrogens with zero attached hydrogens (tertiary/aromatic N) is 3. The Balaban J connectivity index is 1.89. The number of carbonyl (C=O) groups excluding carboxylic acids is 1. The monoisotopic (exact) mass is 323 g/mol. The van der Waals surface area contributed by atoms with Gasteiger partial charge < -0.3 is 11.1 Å². The van der Waals surface area contributed by atoms with Gasteiger partial charge in [-0.2, -0.15) is 5.10 Å². The third kappa shape index (κ3) is 3.54. The summed E-state index contributed by atoms with van der Waals surface area (Å²) in [6.45, 7) is 0.491. The van der Waals surface area contributed by atoms with Gasteiger partial charge in [0.05, 0.1) is 0 Å². The fourth-order valence-corrected chi connectivity index (χ4v) is 1.94. The van der Waals surface area contributed by atoms with E-state index in [1.807, 2.05) is 0 Å². The Hall–Kier alpha value is -1.89. The first-order valence-electron chi connectivity index (χ1n) is 5.74. The Morgan fingerprint density at radius 2 is 2.32 bits per heavy atom. The Morgan fingerprint density at radius 1 is 1.53 bits per heavy atom. The molecule has 0 unspecified atom stereocenters. The smallest absolute Gasteiger partial charge is 0.251 e.